The molecular weight excluding hydrogens is 250 g/mol. The quantitative estimate of drug-likeness (QED) is 0.796. The van der Waals surface area contributed by atoms with Crippen LogP contribution in [-0.2, 0) is 4.74 Å². The van der Waals surface area contributed by atoms with Crippen LogP contribution in [0.25, 0.3) is 10.6 Å². The lowest BCUT2D eigenvalue weighted by molar-refractivity contribution is 0.0532. The first-order valence-electron chi connectivity index (χ1n) is 5.52. The summed E-state index contributed by atoms with van der Waals surface area (Å²) in [6.07, 6.45) is 1.54. The Morgan fingerprint density at radius 1 is 1.44 bits per heavy atom. The lowest BCUT2D eigenvalue weighted by Gasteiger charge is -2.01. The predicted molar refractivity (Wildman–Crippen MR) is 70.1 cm³/mol. The summed E-state index contributed by atoms with van der Waals surface area (Å²) >= 11 is 1.31. The second-order valence-corrected chi connectivity index (χ2v) is 4.51. The Balaban J connectivity index is 2.26. The van der Waals surface area contributed by atoms with Gasteiger partial charge < -0.3 is 9.47 Å². The van der Waals surface area contributed by atoms with Crippen molar-refractivity contribution in [3.05, 3.63) is 35.3 Å². The van der Waals surface area contributed by atoms with Crippen LogP contribution in [0.5, 0.6) is 5.75 Å². The zero-order valence-electron chi connectivity index (χ0n) is 10.2. The van der Waals surface area contributed by atoms with E-state index in [0.29, 0.717) is 11.5 Å². The van der Waals surface area contributed by atoms with Crippen molar-refractivity contribution in [1.29, 1.82) is 0 Å². The van der Waals surface area contributed by atoms with Crippen LogP contribution in [0.15, 0.2) is 30.5 Å². The minimum atomic E-state index is -0.329. The molecule has 0 saturated carbocycles. The van der Waals surface area contributed by atoms with Gasteiger partial charge in [0, 0.05) is 5.56 Å². The molecule has 0 radical (unpaired) electrons. The normalized spacial score (nSPS) is 10.1. The van der Waals surface area contributed by atoms with Crippen molar-refractivity contribution < 1.29 is 14.3 Å². The van der Waals surface area contributed by atoms with Gasteiger partial charge in [-0.1, -0.05) is 12.1 Å². The van der Waals surface area contributed by atoms with Crippen LogP contribution in [0.1, 0.15) is 16.6 Å². The fraction of sp³-hybridized carbons (Fsp3) is 0.231. The Bertz CT molecular complexity index is 551. The van der Waals surface area contributed by atoms with Gasteiger partial charge in [-0.3, -0.25) is 0 Å². The van der Waals surface area contributed by atoms with Crippen molar-refractivity contribution in [2.45, 2.75) is 6.92 Å². The van der Waals surface area contributed by atoms with Crippen molar-refractivity contribution in [3.63, 3.8) is 0 Å². The molecule has 1 aromatic carbocycles. The zero-order valence-corrected chi connectivity index (χ0v) is 11.0. The lowest BCUT2D eigenvalue weighted by Crippen LogP contribution is -2.01. The van der Waals surface area contributed by atoms with Gasteiger partial charge in [-0.25, -0.2) is 9.78 Å². The molecule has 94 valence electrons. The summed E-state index contributed by atoms with van der Waals surface area (Å²) in [5.74, 6) is 0.435. The molecule has 0 unspecified atom stereocenters. The number of aromatic nitrogens is 1. The lowest BCUT2D eigenvalue weighted by atomic mass is 10.2. The molecular formula is C13H13NO3S. The van der Waals surface area contributed by atoms with Crippen LogP contribution < -0.4 is 4.74 Å². The smallest absolute Gasteiger partial charge is 0.349 e. The molecule has 1 aromatic heterocycles. The van der Waals surface area contributed by atoms with Crippen LogP contribution in [0.3, 0.4) is 0 Å². The maximum atomic E-state index is 11.5. The molecule has 5 heteroatoms. The van der Waals surface area contributed by atoms with Crippen LogP contribution in [0.4, 0.5) is 0 Å². The average molecular weight is 263 g/mol. The third-order valence-electron chi connectivity index (χ3n) is 2.30. The second kappa shape index (κ2) is 5.64. The number of rotatable bonds is 4. The van der Waals surface area contributed by atoms with Crippen molar-refractivity contribution in [3.8, 4) is 16.3 Å². The number of nitrogens with zero attached hydrogens (tertiary/aromatic N) is 1. The highest BCUT2D eigenvalue weighted by molar-refractivity contribution is 7.16. The summed E-state index contributed by atoms with van der Waals surface area (Å²) in [4.78, 5) is 16.3. The molecule has 0 amide bonds. The van der Waals surface area contributed by atoms with Crippen LogP contribution >= 0.6 is 11.3 Å². The van der Waals surface area contributed by atoms with Crippen molar-refractivity contribution >= 4 is 17.3 Å². The van der Waals surface area contributed by atoms with E-state index >= 15 is 0 Å². The van der Waals surface area contributed by atoms with Gasteiger partial charge in [-0.2, -0.15) is 0 Å². The molecule has 0 aliphatic rings. The van der Waals surface area contributed by atoms with E-state index in [1.807, 2.05) is 24.3 Å². The summed E-state index contributed by atoms with van der Waals surface area (Å²) in [6.45, 7) is 2.15. The number of methoxy groups -OCH3 is 1. The van der Waals surface area contributed by atoms with Crippen LogP contribution in [0, 0.1) is 0 Å². The second-order valence-electron chi connectivity index (χ2n) is 3.48. The number of benzene rings is 1. The average Bonchev–Trinajstić information content (AvgIpc) is 2.89. The summed E-state index contributed by atoms with van der Waals surface area (Å²) in [7, 11) is 1.62. The number of esters is 1. The van der Waals surface area contributed by atoms with E-state index in [-0.39, 0.29) is 5.97 Å². The van der Waals surface area contributed by atoms with E-state index in [2.05, 4.69) is 4.98 Å². The van der Waals surface area contributed by atoms with Crippen molar-refractivity contribution in [2.75, 3.05) is 13.7 Å². The van der Waals surface area contributed by atoms with E-state index in [0.717, 1.165) is 16.3 Å². The maximum Gasteiger partial charge on any atom is 0.349 e. The minimum absolute atomic E-state index is 0.329. The highest BCUT2D eigenvalue weighted by Crippen LogP contribution is 2.28. The molecule has 0 bridgehead atoms. The predicted octanol–water partition coefficient (Wildman–Crippen LogP) is 3.00. The number of hydrogen-bond acceptors (Lipinski definition) is 5. The van der Waals surface area contributed by atoms with E-state index in [1.54, 1.807) is 14.0 Å². The number of carbonyl (C=O) groups excluding carboxylic acids is 1. The van der Waals surface area contributed by atoms with Gasteiger partial charge in [0.25, 0.3) is 0 Å². The molecule has 1 heterocycles. The fourth-order valence-corrected chi connectivity index (χ4v) is 2.27. The third kappa shape index (κ3) is 2.68. The zero-order chi connectivity index (χ0) is 13.0. The summed E-state index contributed by atoms with van der Waals surface area (Å²) in [5.41, 5.74) is 0.926. The van der Waals surface area contributed by atoms with E-state index < -0.39 is 0 Å². The van der Waals surface area contributed by atoms with E-state index in [1.165, 1.54) is 17.5 Å². The number of ether oxygens (including phenoxy) is 2. The van der Waals surface area contributed by atoms with E-state index in [9.17, 15) is 4.79 Å². The standard InChI is InChI=1S/C13H13NO3S/c1-3-17-13(15)11-8-14-12(18-11)9-5-4-6-10(7-9)16-2/h4-8H,3H2,1-2H3. The van der Waals surface area contributed by atoms with Gasteiger partial charge in [-0.15, -0.1) is 11.3 Å². The maximum absolute atomic E-state index is 11.5. The molecule has 0 saturated heterocycles. The Hall–Kier alpha value is -1.88. The van der Waals surface area contributed by atoms with Crippen molar-refractivity contribution in [2.24, 2.45) is 0 Å². The molecule has 4 nitrogen and oxygen atoms in total. The van der Waals surface area contributed by atoms with Gasteiger partial charge in [0.1, 0.15) is 15.6 Å². The molecule has 0 aliphatic carbocycles. The highest BCUT2D eigenvalue weighted by Gasteiger charge is 2.12. The molecule has 0 fully saturated rings. The molecule has 0 aliphatic heterocycles. The molecule has 2 aromatic rings. The molecule has 0 atom stereocenters. The molecule has 18 heavy (non-hydrogen) atoms. The fourth-order valence-electron chi connectivity index (χ4n) is 1.46. The third-order valence-corrected chi connectivity index (χ3v) is 3.33. The summed E-state index contributed by atoms with van der Waals surface area (Å²) < 4.78 is 10.1. The van der Waals surface area contributed by atoms with Gasteiger partial charge >= 0.3 is 5.97 Å². The Morgan fingerprint density at radius 3 is 3.00 bits per heavy atom. The van der Waals surface area contributed by atoms with Gasteiger partial charge in [0.05, 0.1) is 19.9 Å². The van der Waals surface area contributed by atoms with Crippen molar-refractivity contribution in [1.82, 2.24) is 4.98 Å². The number of hydrogen-bond donors (Lipinski definition) is 0. The van der Waals surface area contributed by atoms with Crippen LogP contribution in [-0.4, -0.2) is 24.7 Å². The summed E-state index contributed by atoms with van der Waals surface area (Å²) in [5, 5.41) is 0.775. The first-order valence-corrected chi connectivity index (χ1v) is 6.33. The Labute approximate surface area is 109 Å². The minimum Gasteiger partial charge on any atom is -0.497 e. The van der Waals surface area contributed by atoms with Gasteiger partial charge in [0.2, 0.25) is 0 Å². The van der Waals surface area contributed by atoms with Gasteiger partial charge in [-0.05, 0) is 19.1 Å². The summed E-state index contributed by atoms with van der Waals surface area (Å²) in [6, 6.07) is 7.56. The number of thiazole rings is 1. The molecule has 0 spiro atoms. The molecule has 2 rings (SSSR count). The van der Waals surface area contributed by atoms with Gasteiger partial charge in [0.15, 0.2) is 0 Å². The number of carbonyl (C=O) groups is 1. The van der Waals surface area contributed by atoms with E-state index in [4.69, 9.17) is 9.47 Å². The largest absolute Gasteiger partial charge is 0.497 e. The topological polar surface area (TPSA) is 48.4 Å². The first kappa shape index (κ1) is 12.6. The van der Waals surface area contributed by atoms with Crippen LogP contribution in [0.2, 0.25) is 0 Å². The first-order chi connectivity index (χ1) is 8.74. The highest BCUT2D eigenvalue weighted by atomic mass is 32.1. The SMILES string of the molecule is CCOC(=O)c1cnc(-c2cccc(OC)c2)s1. The monoisotopic (exact) mass is 263 g/mol. The Kier molecular flexibility index (Phi) is 3.94. The molecule has 0 N–H and O–H groups in total. The Morgan fingerprint density at radius 2 is 2.28 bits per heavy atom.